The molecule has 3 amide bonds. The van der Waals surface area contributed by atoms with E-state index < -0.39 is 17.8 Å². The largest absolute Gasteiger partial charge is 0.331 e. The van der Waals surface area contributed by atoms with Crippen molar-refractivity contribution in [2.75, 3.05) is 24.5 Å². The van der Waals surface area contributed by atoms with E-state index in [0.29, 0.717) is 12.2 Å². The molecule has 96 valence electrons. The van der Waals surface area contributed by atoms with Gasteiger partial charge in [-0.05, 0) is 18.2 Å². The number of carbonyl (C=O) groups is 2. The molecule has 0 aromatic heterocycles. The van der Waals surface area contributed by atoms with Crippen LogP contribution in [0, 0.1) is 5.82 Å². The number of amides is 3. The van der Waals surface area contributed by atoms with Crippen LogP contribution in [-0.2, 0) is 4.79 Å². The normalized spacial score (nSPS) is 15.4. The molecule has 0 spiro atoms. The molecule has 0 saturated carbocycles. The molecule has 0 bridgehead atoms. The smallest absolute Gasteiger partial charge is 0.322 e. The van der Waals surface area contributed by atoms with Gasteiger partial charge in [-0.25, -0.2) is 9.18 Å². The molecule has 2 N–H and O–H groups in total. The van der Waals surface area contributed by atoms with Crippen molar-refractivity contribution < 1.29 is 14.0 Å². The highest BCUT2D eigenvalue weighted by molar-refractivity contribution is 6.31. The van der Waals surface area contributed by atoms with Crippen LogP contribution in [0.3, 0.4) is 0 Å². The van der Waals surface area contributed by atoms with Crippen LogP contribution in [-0.4, -0.2) is 36.5 Å². The predicted molar refractivity (Wildman–Crippen MR) is 64.9 cm³/mol. The number of nitrogens with two attached hydrogens (primary N) is 1. The lowest BCUT2D eigenvalue weighted by atomic mass is 10.3. The van der Waals surface area contributed by atoms with Crippen LogP contribution in [0.15, 0.2) is 18.2 Å². The second-order valence-corrected chi connectivity index (χ2v) is 4.19. The summed E-state index contributed by atoms with van der Waals surface area (Å²) >= 11 is 5.65. The van der Waals surface area contributed by atoms with Crippen molar-refractivity contribution in [3.63, 3.8) is 0 Å². The number of urea groups is 1. The Hall–Kier alpha value is -1.66. The van der Waals surface area contributed by atoms with Crippen molar-refractivity contribution >= 4 is 29.2 Å². The zero-order valence-electron chi connectivity index (χ0n) is 9.40. The molecule has 1 aromatic carbocycles. The lowest BCUT2D eigenvalue weighted by molar-refractivity contribution is -0.126. The summed E-state index contributed by atoms with van der Waals surface area (Å²) in [6, 6.07) is 3.51. The first-order valence-electron chi connectivity index (χ1n) is 5.31. The number of benzene rings is 1. The summed E-state index contributed by atoms with van der Waals surface area (Å²) in [5.41, 5.74) is 5.67. The number of nitrogens with zero attached hydrogens (tertiary/aromatic N) is 2. The third-order valence-corrected chi connectivity index (χ3v) is 2.99. The Morgan fingerprint density at radius 2 is 2.17 bits per heavy atom. The van der Waals surface area contributed by atoms with Crippen LogP contribution in [0.2, 0.25) is 5.02 Å². The highest BCUT2D eigenvalue weighted by Crippen LogP contribution is 2.25. The molecule has 7 heteroatoms. The molecule has 1 saturated heterocycles. The molecule has 0 aliphatic carbocycles. The average Bonchev–Trinajstić information content (AvgIpc) is 2.74. The van der Waals surface area contributed by atoms with Gasteiger partial charge in [0.15, 0.2) is 0 Å². The van der Waals surface area contributed by atoms with E-state index in [4.69, 9.17) is 17.3 Å². The van der Waals surface area contributed by atoms with Crippen molar-refractivity contribution in [3.8, 4) is 0 Å². The number of anilines is 1. The van der Waals surface area contributed by atoms with Gasteiger partial charge in [0.2, 0.25) is 5.91 Å². The zero-order chi connectivity index (χ0) is 13.3. The molecule has 2 rings (SSSR count). The zero-order valence-corrected chi connectivity index (χ0v) is 10.2. The molecule has 5 nitrogen and oxygen atoms in total. The van der Waals surface area contributed by atoms with E-state index in [1.807, 2.05) is 0 Å². The van der Waals surface area contributed by atoms with Gasteiger partial charge in [0, 0.05) is 18.8 Å². The maximum Gasteiger partial charge on any atom is 0.331 e. The van der Waals surface area contributed by atoms with Gasteiger partial charge in [0.25, 0.3) is 0 Å². The molecular formula is C11H11ClFN3O2. The Balaban J connectivity index is 2.23. The lowest BCUT2D eigenvalue weighted by Crippen LogP contribution is -2.39. The maximum absolute atomic E-state index is 13.0. The third-order valence-electron chi connectivity index (χ3n) is 2.70. The van der Waals surface area contributed by atoms with E-state index in [0.717, 1.165) is 4.90 Å². The second-order valence-electron chi connectivity index (χ2n) is 3.78. The molecule has 1 aromatic rings. The second kappa shape index (κ2) is 4.91. The van der Waals surface area contributed by atoms with Gasteiger partial charge < -0.3 is 5.73 Å². The first kappa shape index (κ1) is 12.8. The van der Waals surface area contributed by atoms with Gasteiger partial charge >= 0.3 is 6.03 Å². The van der Waals surface area contributed by atoms with E-state index >= 15 is 0 Å². The number of rotatable bonds is 2. The Labute approximate surface area is 108 Å². The molecule has 0 atom stereocenters. The Morgan fingerprint density at radius 3 is 2.78 bits per heavy atom. The molecule has 1 aliphatic rings. The van der Waals surface area contributed by atoms with Crippen LogP contribution >= 0.6 is 11.6 Å². The summed E-state index contributed by atoms with van der Waals surface area (Å²) < 4.78 is 13.0. The Morgan fingerprint density at radius 1 is 1.44 bits per heavy atom. The summed E-state index contributed by atoms with van der Waals surface area (Å²) in [5.74, 6) is -0.988. The van der Waals surface area contributed by atoms with Gasteiger partial charge in [-0.3, -0.25) is 14.6 Å². The fourth-order valence-corrected chi connectivity index (χ4v) is 1.95. The van der Waals surface area contributed by atoms with E-state index in [1.165, 1.54) is 23.1 Å². The number of halogens is 2. The van der Waals surface area contributed by atoms with Gasteiger partial charge in [0.05, 0.1) is 11.6 Å². The summed E-state index contributed by atoms with van der Waals surface area (Å²) in [7, 11) is 0. The van der Waals surface area contributed by atoms with Crippen molar-refractivity contribution in [1.29, 1.82) is 0 Å². The highest BCUT2D eigenvalue weighted by Gasteiger charge is 2.33. The third kappa shape index (κ3) is 2.16. The number of hydrogen-bond acceptors (Lipinski definition) is 3. The molecule has 1 aliphatic heterocycles. The van der Waals surface area contributed by atoms with Gasteiger partial charge in [0.1, 0.15) is 5.82 Å². The fraction of sp³-hybridized carbons (Fsp3) is 0.273. The molecule has 0 radical (unpaired) electrons. The molecular weight excluding hydrogens is 261 g/mol. The van der Waals surface area contributed by atoms with E-state index in [2.05, 4.69) is 0 Å². The van der Waals surface area contributed by atoms with Crippen LogP contribution in [0.4, 0.5) is 14.9 Å². The minimum absolute atomic E-state index is 0.0658. The van der Waals surface area contributed by atoms with E-state index in [9.17, 15) is 14.0 Å². The number of carbonyl (C=O) groups excluding carboxylic acids is 2. The number of imide groups is 1. The lowest BCUT2D eigenvalue weighted by Gasteiger charge is -2.17. The summed E-state index contributed by atoms with van der Waals surface area (Å²) in [5, 5.41) is -0.0658. The van der Waals surface area contributed by atoms with Gasteiger partial charge in [-0.15, -0.1) is 0 Å². The van der Waals surface area contributed by atoms with Crippen LogP contribution in [0.25, 0.3) is 0 Å². The monoisotopic (exact) mass is 271 g/mol. The summed E-state index contributed by atoms with van der Waals surface area (Å²) in [6.45, 7) is 0.389. The Bertz CT molecular complexity index is 509. The van der Waals surface area contributed by atoms with Crippen LogP contribution < -0.4 is 10.6 Å². The fourth-order valence-electron chi connectivity index (χ4n) is 1.77. The SMILES string of the molecule is NCC(=O)N1CCN(c2ccc(F)c(Cl)c2)C1=O. The van der Waals surface area contributed by atoms with Crippen LogP contribution in [0.5, 0.6) is 0 Å². The van der Waals surface area contributed by atoms with Crippen LogP contribution in [0.1, 0.15) is 0 Å². The van der Waals surface area contributed by atoms with Crippen molar-refractivity contribution in [2.45, 2.75) is 0 Å². The minimum atomic E-state index is -0.554. The molecule has 1 heterocycles. The molecule has 18 heavy (non-hydrogen) atoms. The molecule has 0 unspecified atom stereocenters. The topological polar surface area (TPSA) is 66.6 Å². The van der Waals surface area contributed by atoms with E-state index in [-0.39, 0.29) is 18.1 Å². The first-order chi connectivity index (χ1) is 8.54. The summed E-state index contributed by atoms with van der Waals surface area (Å²) in [4.78, 5) is 25.8. The molecule has 1 fully saturated rings. The standard InChI is InChI=1S/C11H11ClFN3O2/c12-8-5-7(1-2-9(8)13)15-3-4-16(11(15)18)10(17)6-14/h1-2,5H,3-4,6,14H2. The van der Waals surface area contributed by atoms with E-state index in [1.54, 1.807) is 0 Å². The summed E-state index contributed by atoms with van der Waals surface area (Å²) in [6.07, 6.45) is 0. The highest BCUT2D eigenvalue weighted by atomic mass is 35.5. The number of hydrogen-bond donors (Lipinski definition) is 1. The maximum atomic E-state index is 13.0. The minimum Gasteiger partial charge on any atom is -0.322 e. The van der Waals surface area contributed by atoms with Crippen molar-refractivity contribution in [2.24, 2.45) is 5.73 Å². The first-order valence-corrected chi connectivity index (χ1v) is 5.69. The average molecular weight is 272 g/mol. The van der Waals surface area contributed by atoms with Crippen molar-refractivity contribution in [1.82, 2.24) is 4.90 Å². The Kier molecular flexibility index (Phi) is 3.49. The quantitative estimate of drug-likeness (QED) is 0.879. The van der Waals surface area contributed by atoms with Crippen molar-refractivity contribution in [3.05, 3.63) is 29.0 Å². The van der Waals surface area contributed by atoms with Gasteiger partial charge in [-0.2, -0.15) is 0 Å². The predicted octanol–water partition coefficient (Wildman–Crippen LogP) is 1.21. The van der Waals surface area contributed by atoms with Gasteiger partial charge in [-0.1, -0.05) is 11.6 Å².